The Hall–Kier alpha value is -0.130. The maximum Gasteiger partial charge on any atom is 0.211 e. The van der Waals surface area contributed by atoms with Crippen LogP contribution in [-0.4, -0.2) is 58.0 Å². The van der Waals surface area contributed by atoms with Gasteiger partial charge in [-0.25, -0.2) is 13.1 Å². The SMILES string of the molecule is CCCC(CCO)CN=C(NCC)NCCNS(=O)(=O)CC.I. The molecule has 0 aliphatic carbocycles. The third-order valence-corrected chi connectivity index (χ3v) is 4.61. The molecule has 0 amide bonds. The summed E-state index contributed by atoms with van der Waals surface area (Å²) in [4.78, 5) is 4.51. The Morgan fingerprint density at radius 1 is 1.13 bits per heavy atom. The van der Waals surface area contributed by atoms with Crippen LogP contribution in [0.15, 0.2) is 4.99 Å². The molecular formula is C14H33IN4O3S. The number of rotatable bonds is 12. The van der Waals surface area contributed by atoms with E-state index in [1.165, 1.54) is 0 Å². The van der Waals surface area contributed by atoms with Crippen LogP contribution in [0.2, 0.25) is 0 Å². The predicted octanol–water partition coefficient (Wildman–Crippen LogP) is 0.898. The second kappa shape index (κ2) is 15.4. The number of nitrogens with zero attached hydrogens (tertiary/aromatic N) is 1. The minimum absolute atomic E-state index is 0. The smallest absolute Gasteiger partial charge is 0.211 e. The van der Waals surface area contributed by atoms with Crippen LogP contribution < -0.4 is 15.4 Å². The van der Waals surface area contributed by atoms with Gasteiger partial charge in [0.15, 0.2) is 5.96 Å². The second-order valence-corrected chi connectivity index (χ2v) is 7.21. The van der Waals surface area contributed by atoms with Crippen molar-refractivity contribution in [3.63, 3.8) is 0 Å². The minimum Gasteiger partial charge on any atom is -0.396 e. The number of sulfonamides is 1. The van der Waals surface area contributed by atoms with E-state index in [4.69, 9.17) is 5.11 Å². The van der Waals surface area contributed by atoms with Crippen molar-refractivity contribution < 1.29 is 13.5 Å². The van der Waals surface area contributed by atoms with E-state index in [-0.39, 0.29) is 36.3 Å². The van der Waals surface area contributed by atoms with Crippen molar-refractivity contribution in [3.05, 3.63) is 0 Å². The van der Waals surface area contributed by atoms with E-state index in [1.807, 2.05) is 6.92 Å². The zero-order valence-electron chi connectivity index (χ0n) is 14.5. The second-order valence-electron chi connectivity index (χ2n) is 5.11. The lowest BCUT2D eigenvalue weighted by atomic mass is 10.0. The largest absolute Gasteiger partial charge is 0.396 e. The highest BCUT2D eigenvalue weighted by atomic mass is 127. The van der Waals surface area contributed by atoms with E-state index < -0.39 is 10.0 Å². The van der Waals surface area contributed by atoms with Gasteiger partial charge in [-0.05, 0) is 32.6 Å². The van der Waals surface area contributed by atoms with Crippen LogP contribution >= 0.6 is 24.0 Å². The molecule has 0 heterocycles. The molecule has 1 unspecified atom stereocenters. The highest BCUT2D eigenvalue weighted by Crippen LogP contribution is 2.10. The summed E-state index contributed by atoms with van der Waals surface area (Å²) in [5.74, 6) is 1.14. The first-order valence-corrected chi connectivity index (χ1v) is 9.74. The lowest BCUT2D eigenvalue weighted by molar-refractivity contribution is 0.253. The topological polar surface area (TPSA) is 103 Å². The molecule has 140 valence electrons. The number of nitrogens with one attached hydrogen (secondary N) is 3. The van der Waals surface area contributed by atoms with Gasteiger partial charge in [-0.15, -0.1) is 24.0 Å². The number of halogens is 1. The Bertz CT molecular complexity index is 399. The highest BCUT2D eigenvalue weighted by Gasteiger charge is 2.08. The summed E-state index contributed by atoms with van der Waals surface area (Å²) in [7, 11) is -3.15. The van der Waals surface area contributed by atoms with E-state index in [9.17, 15) is 8.42 Å². The molecule has 0 radical (unpaired) electrons. The molecule has 1 atom stereocenters. The monoisotopic (exact) mass is 464 g/mol. The summed E-state index contributed by atoms with van der Waals surface area (Å²) in [6, 6.07) is 0. The quantitative estimate of drug-likeness (QED) is 0.149. The summed E-state index contributed by atoms with van der Waals surface area (Å²) in [6.45, 7) is 8.10. The van der Waals surface area contributed by atoms with Crippen LogP contribution in [0.5, 0.6) is 0 Å². The van der Waals surface area contributed by atoms with Crippen LogP contribution in [0.4, 0.5) is 0 Å². The summed E-state index contributed by atoms with van der Waals surface area (Å²) in [5.41, 5.74) is 0. The zero-order valence-corrected chi connectivity index (χ0v) is 17.6. The van der Waals surface area contributed by atoms with Gasteiger partial charge in [-0.3, -0.25) is 4.99 Å². The first-order chi connectivity index (χ1) is 10.5. The van der Waals surface area contributed by atoms with Crippen LogP contribution in [0.25, 0.3) is 0 Å². The molecule has 0 spiro atoms. The fraction of sp³-hybridized carbons (Fsp3) is 0.929. The molecule has 0 aromatic rings. The van der Waals surface area contributed by atoms with E-state index in [0.717, 1.165) is 25.8 Å². The summed E-state index contributed by atoms with van der Waals surface area (Å²) >= 11 is 0. The zero-order chi connectivity index (χ0) is 16.8. The molecule has 0 aromatic carbocycles. The van der Waals surface area contributed by atoms with Crippen LogP contribution in [0, 0.1) is 5.92 Å². The first kappa shape index (κ1) is 25.1. The molecule has 0 aliphatic heterocycles. The number of aliphatic imine (C=N–C) groups is 1. The standard InChI is InChI=1S/C14H32N4O3S.HI/c1-4-7-13(8-11-19)12-17-14(15-5-2)16-9-10-18-22(20,21)6-3;/h13,18-19H,4-12H2,1-3H3,(H2,15,16,17);1H. The number of hydrogen-bond donors (Lipinski definition) is 4. The van der Waals surface area contributed by atoms with Crippen molar-refractivity contribution in [1.29, 1.82) is 0 Å². The fourth-order valence-electron chi connectivity index (χ4n) is 1.97. The molecule has 0 bridgehead atoms. The van der Waals surface area contributed by atoms with Crippen LogP contribution in [0.1, 0.15) is 40.0 Å². The molecule has 4 N–H and O–H groups in total. The van der Waals surface area contributed by atoms with Gasteiger partial charge in [0.2, 0.25) is 10.0 Å². The summed E-state index contributed by atoms with van der Waals surface area (Å²) in [6.07, 6.45) is 2.87. The summed E-state index contributed by atoms with van der Waals surface area (Å²) < 4.78 is 25.1. The fourth-order valence-corrected chi connectivity index (χ4v) is 2.59. The van der Waals surface area contributed by atoms with Crippen molar-refractivity contribution >= 4 is 40.0 Å². The molecule has 0 aromatic heterocycles. The molecule has 0 fully saturated rings. The molecule has 0 saturated carbocycles. The van der Waals surface area contributed by atoms with Gasteiger partial charge in [0.05, 0.1) is 5.75 Å². The van der Waals surface area contributed by atoms with Crippen molar-refractivity contribution in [2.75, 3.05) is 38.5 Å². The Kier molecular flexibility index (Phi) is 16.8. The number of aliphatic hydroxyl groups excluding tert-OH is 1. The van der Waals surface area contributed by atoms with E-state index in [2.05, 4.69) is 27.3 Å². The predicted molar refractivity (Wildman–Crippen MR) is 107 cm³/mol. The first-order valence-electron chi connectivity index (χ1n) is 8.09. The average Bonchev–Trinajstić information content (AvgIpc) is 2.49. The van der Waals surface area contributed by atoms with Gasteiger partial charge in [0.1, 0.15) is 0 Å². The lowest BCUT2D eigenvalue weighted by Gasteiger charge is -2.15. The molecule has 7 nitrogen and oxygen atoms in total. The molecule has 9 heteroatoms. The Morgan fingerprint density at radius 2 is 1.83 bits per heavy atom. The Labute approximate surface area is 158 Å². The van der Waals surface area contributed by atoms with Gasteiger partial charge in [-0.1, -0.05) is 13.3 Å². The van der Waals surface area contributed by atoms with E-state index in [1.54, 1.807) is 6.92 Å². The highest BCUT2D eigenvalue weighted by molar-refractivity contribution is 14.0. The van der Waals surface area contributed by atoms with Gasteiger partial charge < -0.3 is 15.7 Å². The Morgan fingerprint density at radius 3 is 2.35 bits per heavy atom. The summed E-state index contributed by atoms with van der Waals surface area (Å²) in [5, 5.41) is 15.3. The minimum atomic E-state index is -3.15. The molecular weight excluding hydrogens is 431 g/mol. The number of aliphatic hydroxyl groups is 1. The normalized spacial score (nSPS) is 13.3. The van der Waals surface area contributed by atoms with Gasteiger partial charge in [-0.2, -0.15) is 0 Å². The molecule has 0 rings (SSSR count). The number of guanidine groups is 1. The van der Waals surface area contributed by atoms with Gasteiger partial charge in [0, 0.05) is 32.8 Å². The maximum absolute atomic E-state index is 11.3. The molecule has 0 saturated heterocycles. The average molecular weight is 464 g/mol. The van der Waals surface area contributed by atoms with Crippen LogP contribution in [-0.2, 0) is 10.0 Å². The van der Waals surface area contributed by atoms with E-state index >= 15 is 0 Å². The van der Waals surface area contributed by atoms with E-state index in [0.29, 0.717) is 31.5 Å². The van der Waals surface area contributed by atoms with Crippen molar-refractivity contribution in [1.82, 2.24) is 15.4 Å². The van der Waals surface area contributed by atoms with Crippen molar-refractivity contribution in [3.8, 4) is 0 Å². The molecule has 23 heavy (non-hydrogen) atoms. The van der Waals surface area contributed by atoms with Gasteiger partial charge in [0.25, 0.3) is 0 Å². The van der Waals surface area contributed by atoms with Crippen molar-refractivity contribution in [2.45, 2.75) is 40.0 Å². The lowest BCUT2D eigenvalue weighted by Crippen LogP contribution is -2.42. The third kappa shape index (κ3) is 14.0. The Balaban J connectivity index is 0. The van der Waals surface area contributed by atoms with Crippen LogP contribution in [0.3, 0.4) is 0 Å². The number of hydrogen-bond acceptors (Lipinski definition) is 4. The van der Waals surface area contributed by atoms with Crippen molar-refractivity contribution in [2.24, 2.45) is 10.9 Å². The maximum atomic E-state index is 11.3. The third-order valence-electron chi connectivity index (χ3n) is 3.21. The molecule has 0 aliphatic rings. The van der Waals surface area contributed by atoms with Gasteiger partial charge >= 0.3 is 0 Å².